The molecule has 0 bridgehead atoms. The minimum absolute atomic E-state index is 0.217. The first-order valence-corrected chi connectivity index (χ1v) is 8.22. The summed E-state index contributed by atoms with van der Waals surface area (Å²) in [6.45, 7) is 4.11. The van der Waals surface area contributed by atoms with Crippen molar-refractivity contribution in [2.45, 2.75) is 13.8 Å². The summed E-state index contributed by atoms with van der Waals surface area (Å²) in [6.07, 6.45) is 2.00. The molecule has 4 aromatic rings. The SMILES string of the molecule is Cc1ccc(Nc2c(-c3ccccc3O)nc3cc(C)ccn23)cc1. The lowest BCUT2D eigenvalue weighted by molar-refractivity contribution is 0.477. The van der Waals surface area contributed by atoms with Crippen LogP contribution in [-0.4, -0.2) is 14.5 Å². The molecule has 0 amide bonds. The van der Waals surface area contributed by atoms with E-state index in [1.807, 2.05) is 60.0 Å². The van der Waals surface area contributed by atoms with E-state index in [4.69, 9.17) is 4.98 Å². The fourth-order valence-corrected chi connectivity index (χ4v) is 2.90. The molecule has 25 heavy (non-hydrogen) atoms. The Kier molecular flexibility index (Phi) is 3.65. The molecular weight excluding hydrogens is 310 g/mol. The van der Waals surface area contributed by atoms with Gasteiger partial charge in [0.25, 0.3) is 0 Å². The first-order chi connectivity index (χ1) is 12.1. The van der Waals surface area contributed by atoms with Crippen LogP contribution in [0.25, 0.3) is 16.9 Å². The van der Waals surface area contributed by atoms with Crippen LogP contribution in [0.1, 0.15) is 11.1 Å². The van der Waals surface area contributed by atoms with Crippen LogP contribution in [0, 0.1) is 13.8 Å². The van der Waals surface area contributed by atoms with Crippen molar-refractivity contribution in [2.24, 2.45) is 0 Å². The zero-order valence-electron chi connectivity index (χ0n) is 14.2. The molecule has 0 aliphatic carbocycles. The number of fused-ring (bicyclic) bond motifs is 1. The van der Waals surface area contributed by atoms with Crippen LogP contribution < -0.4 is 5.32 Å². The molecule has 2 heterocycles. The van der Waals surface area contributed by atoms with Gasteiger partial charge >= 0.3 is 0 Å². The van der Waals surface area contributed by atoms with Crippen LogP contribution in [0.15, 0.2) is 66.9 Å². The van der Waals surface area contributed by atoms with Crippen LogP contribution >= 0.6 is 0 Å². The number of rotatable bonds is 3. The van der Waals surface area contributed by atoms with Crippen molar-refractivity contribution in [3.8, 4) is 17.0 Å². The normalized spacial score (nSPS) is 11.0. The molecule has 0 aliphatic heterocycles. The molecule has 2 N–H and O–H groups in total. The van der Waals surface area contributed by atoms with Gasteiger partial charge in [0.1, 0.15) is 22.9 Å². The highest BCUT2D eigenvalue weighted by molar-refractivity contribution is 5.82. The number of aryl methyl sites for hydroxylation is 2. The zero-order valence-corrected chi connectivity index (χ0v) is 14.2. The Morgan fingerprint density at radius 3 is 2.44 bits per heavy atom. The monoisotopic (exact) mass is 329 g/mol. The fourth-order valence-electron chi connectivity index (χ4n) is 2.90. The average molecular weight is 329 g/mol. The third-order valence-electron chi connectivity index (χ3n) is 4.26. The smallest absolute Gasteiger partial charge is 0.143 e. The molecule has 2 aromatic heterocycles. The second-order valence-electron chi connectivity index (χ2n) is 6.25. The molecule has 0 aliphatic rings. The highest BCUT2D eigenvalue weighted by Gasteiger charge is 2.17. The van der Waals surface area contributed by atoms with Gasteiger partial charge in [-0.25, -0.2) is 4.98 Å². The van der Waals surface area contributed by atoms with Crippen molar-refractivity contribution < 1.29 is 5.11 Å². The maximum absolute atomic E-state index is 10.3. The number of para-hydroxylation sites is 1. The topological polar surface area (TPSA) is 49.6 Å². The summed E-state index contributed by atoms with van der Waals surface area (Å²) in [6, 6.07) is 19.6. The average Bonchev–Trinajstić information content (AvgIpc) is 2.94. The number of nitrogens with one attached hydrogen (secondary N) is 1. The van der Waals surface area contributed by atoms with Crippen molar-refractivity contribution in [3.05, 3.63) is 78.0 Å². The molecule has 0 saturated carbocycles. The van der Waals surface area contributed by atoms with Crippen molar-refractivity contribution in [2.75, 3.05) is 5.32 Å². The molecule has 0 saturated heterocycles. The van der Waals surface area contributed by atoms with Crippen LogP contribution in [0.3, 0.4) is 0 Å². The van der Waals surface area contributed by atoms with Gasteiger partial charge in [-0.1, -0.05) is 29.8 Å². The van der Waals surface area contributed by atoms with Gasteiger partial charge in [-0.2, -0.15) is 0 Å². The van der Waals surface area contributed by atoms with E-state index in [-0.39, 0.29) is 5.75 Å². The predicted molar refractivity (Wildman–Crippen MR) is 101 cm³/mol. The van der Waals surface area contributed by atoms with E-state index in [2.05, 4.69) is 24.4 Å². The maximum atomic E-state index is 10.3. The molecule has 0 radical (unpaired) electrons. The van der Waals surface area contributed by atoms with Crippen molar-refractivity contribution >= 4 is 17.2 Å². The summed E-state index contributed by atoms with van der Waals surface area (Å²) in [5.41, 5.74) is 5.60. The first-order valence-electron chi connectivity index (χ1n) is 8.22. The van der Waals surface area contributed by atoms with E-state index in [1.165, 1.54) is 5.56 Å². The lowest BCUT2D eigenvalue weighted by atomic mass is 10.1. The second-order valence-corrected chi connectivity index (χ2v) is 6.25. The highest BCUT2D eigenvalue weighted by atomic mass is 16.3. The Hall–Kier alpha value is -3.27. The van der Waals surface area contributed by atoms with Gasteiger partial charge in [-0.15, -0.1) is 0 Å². The number of aromatic hydroxyl groups is 1. The number of hydrogen-bond donors (Lipinski definition) is 2. The quantitative estimate of drug-likeness (QED) is 0.552. The summed E-state index contributed by atoms with van der Waals surface area (Å²) in [5.74, 6) is 1.05. The first kappa shape index (κ1) is 15.3. The van der Waals surface area contributed by atoms with E-state index in [1.54, 1.807) is 6.07 Å². The lowest BCUT2D eigenvalue weighted by Gasteiger charge is -2.10. The van der Waals surface area contributed by atoms with Gasteiger partial charge in [-0.3, -0.25) is 4.40 Å². The zero-order chi connectivity index (χ0) is 17.4. The fraction of sp³-hybridized carbons (Fsp3) is 0.0952. The number of pyridine rings is 1. The minimum Gasteiger partial charge on any atom is -0.507 e. The standard InChI is InChI=1S/C21H19N3O/c1-14-7-9-16(10-8-14)22-21-20(17-5-3-4-6-18(17)25)23-19-13-15(2)11-12-24(19)21/h3-13,22,25H,1-2H3. The van der Waals surface area contributed by atoms with Gasteiger partial charge in [0.2, 0.25) is 0 Å². The van der Waals surface area contributed by atoms with Crippen molar-refractivity contribution in [1.82, 2.24) is 9.38 Å². The number of phenolic OH excluding ortho intramolecular Hbond substituents is 1. The number of phenols is 1. The molecule has 0 spiro atoms. The Morgan fingerprint density at radius 2 is 1.68 bits per heavy atom. The predicted octanol–water partition coefficient (Wildman–Crippen LogP) is 5.07. The van der Waals surface area contributed by atoms with E-state index in [9.17, 15) is 5.11 Å². The number of aromatic nitrogens is 2. The van der Waals surface area contributed by atoms with E-state index in [0.717, 1.165) is 28.4 Å². The summed E-state index contributed by atoms with van der Waals surface area (Å²) in [7, 11) is 0. The number of nitrogens with zero attached hydrogens (tertiary/aromatic N) is 2. The van der Waals surface area contributed by atoms with Gasteiger partial charge < -0.3 is 10.4 Å². The number of imidazole rings is 1. The number of benzene rings is 2. The van der Waals surface area contributed by atoms with E-state index >= 15 is 0 Å². The summed E-state index contributed by atoms with van der Waals surface area (Å²) >= 11 is 0. The summed E-state index contributed by atoms with van der Waals surface area (Å²) < 4.78 is 2.01. The molecule has 4 nitrogen and oxygen atoms in total. The molecule has 2 aromatic carbocycles. The van der Waals surface area contributed by atoms with Crippen LogP contribution in [0.2, 0.25) is 0 Å². The van der Waals surface area contributed by atoms with Crippen LogP contribution in [-0.2, 0) is 0 Å². The Labute approximate surface area is 146 Å². The summed E-state index contributed by atoms with van der Waals surface area (Å²) in [4.78, 5) is 4.76. The number of anilines is 2. The van der Waals surface area contributed by atoms with Gasteiger partial charge in [-0.05, 0) is 55.8 Å². The van der Waals surface area contributed by atoms with Crippen LogP contribution in [0.5, 0.6) is 5.75 Å². The minimum atomic E-state index is 0.217. The van der Waals surface area contributed by atoms with Crippen molar-refractivity contribution in [1.29, 1.82) is 0 Å². The third-order valence-corrected chi connectivity index (χ3v) is 4.26. The van der Waals surface area contributed by atoms with Gasteiger partial charge in [0.05, 0.1) is 0 Å². The Bertz CT molecular complexity index is 1050. The second kappa shape index (κ2) is 5.98. The Balaban J connectivity index is 1.92. The molecule has 4 heteroatoms. The highest BCUT2D eigenvalue weighted by Crippen LogP contribution is 2.36. The Morgan fingerprint density at radius 1 is 0.920 bits per heavy atom. The summed E-state index contributed by atoms with van der Waals surface area (Å²) in [5, 5.41) is 13.8. The molecule has 0 atom stereocenters. The molecule has 4 rings (SSSR count). The third kappa shape index (κ3) is 2.83. The van der Waals surface area contributed by atoms with Crippen LogP contribution in [0.4, 0.5) is 11.5 Å². The largest absolute Gasteiger partial charge is 0.507 e. The van der Waals surface area contributed by atoms with Gasteiger partial charge in [0.15, 0.2) is 0 Å². The molecule has 0 fully saturated rings. The van der Waals surface area contributed by atoms with E-state index in [0.29, 0.717) is 5.56 Å². The lowest BCUT2D eigenvalue weighted by Crippen LogP contribution is -1.97. The van der Waals surface area contributed by atoms with E-state index < -0.39 is 0 Å². The molecule has 124 valence electrons. The molecule has 0 unspecified atom stereocenters. The maximum Gasteiger partial charge on any atom is 0.143 e. The molecular formula is C21H19N3O. The van der Waals surface area contributed by atoms with Crippen molar-refractivity contribution in [3.63, 3.8) is 0 Å². The number of hydrogen-bond acceptors (Lipinski definition) is 3. The van der Waals surface area contributed by atoms with Gasteiger partial charge in [0, 0.05) is 17.4 Å².